The van der Waals surface area contributed by atoms with E-state index in [9.17, 15) is 19.2 Å². The summed E-state index contributed by atoms with van der Waals surface area (Å²) in [7, 11) is 0. The summed E-state index contributed by atoms with van der Waals surface area (Å²) in [5.41, 5.74) is 4.90. The summed E-state index contributed by atoms with van der Waals surface area (Å²) >= 11 is 0. The van der Waals surface area contributed by atoms with Crippen LogP contribution >= 0.6 is 0 Å². The van der Waals surface area contributed by atoms with Crippen LogP contribution in [0, 0.1) is 5.92 Å². The summed E-state index contributed by atoms with van der Waals surface area (Å²) in [4.78, 5) is 49.2. The van der Waals surface area contributed by atoms with Crippen molar-refractivity contribution in [3.05, 3.63) is 106 Å². The second-order valence-corrected chi connectivity index (χ2v) is 11.4. The highest BCUT2D eigenvalue weighted by molar-refractivity contribution is 5.96. The fourth-order valence-corrected chi connectivity index (χ4v) is 5.79. The van der Waals surface area contributed by atoms with Crippen molar-refractivity contribution in [2.45, 2.75) is 83.5 Å². The van der Waals surface area contributed by atoms with Crippen LogP contribution in [-0.2, 0) is 28.9 Å². The smallest absolute Gasteiger partial charge is 0.163 e. The van der Waals surface area contributed by atoms with Gasteiger partial charge < -0.3 is 0 Å². The monoisotopic (exact) mass is 536 g/mol. The van der Waals surface area contributed by atoms with Crippen LogP contribution < -0.4 is 0 Å². The second-order valence-electron chi connectivity index (χ2n) is 11.4. The Hall–Kier alpha value is -3.66. The lowest BCUT2D eigenvalue weighted by atomic mass is 9.91. The van der Waals surface area contributed by atoms with Crippen LogP contribution in [0.2, 0.25) is 0 Å². The van der Waals surface area contributed by atoms with Gasteiger partial charge >= 0.3 is 0 Å². The number of Topliss-reactive ketones (excluding diaryl/α,β-unsaturated/α-hetero) is 3. The minimum Gasteiger partial charge on any atom is -0.299 e. The van der Waals surface area contributed by atoms with E-state index in [2.05, 4.69) is 0 Å². The van der Waals surface area contributed by atoms with Gasteiger partial charge in [0.15, 0.2) is 5.78 Å². The van der Waals surface area contributed by atoms with Crippen molar-refractivity contribution in [1.29, 1.82) is 0 Å². The van der Waals surface area contributed by atoms with Gasteiger partial charge in [0, 0.05) is 42.7 Å². The first-order valence-electron chi connectivity index (χ1n) is 14.7. The molecular formula is C36H40O4. The third-order valence-corrected chi connectivity index (χ3v) is 8.25. The third kappa shape index (κ3) is 8.67. The number of benzene rings is 3. The lowest BCUT2D eigenvalue weighted by Gasteiger charge is -2.13. The molecule has 1 atom stereocenters. The molecule has 3 aromatic rings. The van der Waals surface area contributed by atoms with Gasteiger partial charge in [0.1, 0.15) is 17.9 Å². The first-order valence-corrected chi connectivity index (χ1v) is 14.7. The molecule has 4 rings (SSSR count). The zero-order valence-corrected chi connectivity index (χ0v) is 23.6. The number of rotatable bonds is 15. The van der Waals surface area contributed by atoms with Gasteiger partial charge in [-0.05, 0) is 53.1 Å². The van der Waals surface area contributed by atoms with Gasteiger partial charge in [0.25, 0.3) is 0 Å². The number of aldehydes is 1. The highest BCUT2D eigenvalue weighted by atomic mass is 16.1. The van der Waals surface area contributed by atoms with E-state index < -0.39 is 0 Å². The molecule has 0 N–H and O–H groups in total. The third-order valence-electron chi connectivity index (χ3n) is 8.25. The standard InChI is InChI=1S/C36H40O4/c1-26(35(39)14-6-9-27-7-2-3-8-27)32-18-15-28(16-19-32)17-20-36(40)33-13-5-11-30(22-33)24-34(38)23-29-10-4-12-31(21-29)25-37/h4-5,10-13,15-16,18-19,21-22,25-27H,2-3,6-9,14,17,20,23-24H2,1H3. The SMILES string of the molecule is CC(C(=O)CCCC1CCCC1)c1ccc(CCC(=O)c2cccc(CC(=O)Cc3cccc(C=O)c3)c2)cc1. The second kappa shape index (κ2) is 14.6. The van der Waals surface area contributed by atoms with E-state index in [1.54, 1.807) is 24.3 Å². The Bertz CT molecular complexity index is 1310. The molecule has 0 aliphatic heterocycles. The molecule has 40 heavy (non-hydrogen) atoms. The first kappa shape index (κ1) is 29.3. The largest absolute Gasteiger partial charge is 0.299 e. The van der Waals surface area contributed by atoms with Gasteiger partial charge in [-0.2, -0.15) is 0 Å². The highest BCUT2D eigenvalue weighted by Gasteiger charge is 2.18. The van der Waals surface area contributed by atoms with E-state index >= 15 is 0 Å². The molecule has 1 aliphatic rings. The maximum Gasteiger partial charge on any atom is 0.163 e. The van der Waals surface area contributed by atoms with E-state index in [0.29, 0.717) is 36.2 Å². The molecule has 0 heterocycles. The van der Waals surface area contributed by atoms with Crippen molar-refractivity contribution >= 4 is 23.6 Å². The molecule has 3 aromatic carbocycles. The quantitative estimate of drug-likeness (QED) is 0.147. The number of ketones is 3. The predicted octanol–water partition coefficient (Wildman–Crippen LogP) is 7.70. The summed E-state index contributed by atoms with van der Waals surface area (Å²) in [5, 5.41) is 0. The molecule has 0 bridgehead atoms. The van der Waals surface area contributed by atoms with Gasteiger partial charge in [-0.15, -0.1) is 0 Å². The van der Waals surface area contributed by atoms with Crippen LogP contribution in [0.3, 0.4) is 0 Å². The summed E-state index contributed by atoms with van der Waals surface area (Å²) in [5.74, 6) is 1.12. The Morgan fingerprint density at radius 3 is 2.20 bits per heavy atom. The molecule has 1 saturated carbocycles. The van der Waals surface area contributed by atoms with Crippen LogP contribution in [0.15, 0.2) is 72.8 Å². The Balaban J connectivity index is 1.24. The van der Waals surface area contributed by atoms with Crippen molar-refractivity contribution in [1.82, 2.24) is 0 Å². The van der Waals surface area contributed by atoms with Gasteiger partial charge in [0.05, 0.1) is 0 Å². The maximum absolute atomic E-state index is 12.9. The van der Waals surface area contributed by atoms with Crippen LogP contribution in [0.4, 0.5) is 0 Å². The van der Waals surface area contributed by atoms with Crippen molar-refractivity contribution in [2.75, 3.05) is 0 Å². The van der Waals surface area contributed by atoms with Crippen LogP contribution in [0.1, 0.15) is 107 Å². The Labute approximate surface area is 238 Å². The molecule has 208 valence electrons. The van der Waals surface area contributed by atoms with Crippen LogP contribution in [0.5, 0.6) is 0 Å². The van der Waals surface area contributed by atoms with E-state index in [1.165, 1.54) is 32.1 Å². The minimum atomic E-state index is -0.0985. The van der Waals surface area contributed by atoms with Gasteiger partial charge in [-0.1, -0.05) is 99.7 Å². The number of carbonyl (C=O) groups excluding carboxylic acids is 4. The Morgan fingerprint density at radius 2 is 1.50 bits per heavy atom. The molecule has 0 spiro atoms. The summed E-state index contributed by atoms with van der Waals surface area (Å²) in [6, 6.07) is 22.5. The van der Waals surface area contributed by atoms with Crippen molar-refractivity contribution in [3.63, 3.8) is 0 Å². The zero-order valence-electron chi connectivity index (χ0n) is 23.6. The lowest BCUT2D eigenvalue weighted by Crippen LogP contribution is -2.10. The lowest BCUT2D eigenvalue weighted by molar-refractivity contribution is -0.120. The van der Waals surface area contributed by atoms with Crippen LogP contribution in [0.25, 0.3) is 0 Å². The molecule has 0 amide bonds. The molecule has 4 nitrogen and oxygen atoms in total. The predicted molar refractivity (Wildman–Crippen MR) is 159 cm³/mol. The number of hydrogen-bond acceptors (Lipinski definition) is 4. The van der Waals surface area contributed by atoms with E-state index in [1.807, 2.05) is 55.5 Å². The zero-order chi connectivity index (χ0) is 28.3. The van der Waals surface area contributed by atoms with Gasteiger partial charge in [-0.25, -0.2) is 0 Å². The fourth-order valence-electron chi connectivity index (χ4n) is 5.79. The van der Waals surface area contributed by atoms with E-state index in [0.717, 1.165) is 40.9 Å². The first-order chi connectivity index (χ1) is 19.4. The molecule has 1 aliphatic carbocycles. The topological polar surface area (TPSA) is 68.3 Å². The summed E-state index contributed by atoms with van der Waals surface area (Å²) in [6.45, 7) is 2.00. The molecule has 1 unspecified atom stereocenters. The fraction of sp³-hybridized carbons (Fsp3) is 0.389. The Morgan fingerprint density at radius 1 is 0.825 bits per heavy atom. The highest BCUT2D eigenvalue weighted by Crippen LogP contribution is 2.29. The average molecular weight is 537 g/mol. The van der Waals surface area contributed by atoms with E-state index in [4.69, 9.17) is 0 Å². The number of carbonyl (C=O) groups is 4. The maximum atomic E-state index is 12.9. The number of hydrogen-bond donors (Lipinski definition) is 0. The molecular weight excluding hydrogens is 496 g/mol. The Kier molecular flexibility index (Phi) is 10.7. The molecule has 0 aromatic heterocycles. The molecule has 0 radical (unpaired) electrons. The van der Waals surface area contributed by atoms with Gasteiger partial charge in [-0.3, -0.25) is 19.2 Å². The van der Waals surface area contributed by atoms with Crippen molar-refractivity contribution in [3.8, 4) is 0 Å². The van der Waals surface area contributed by atoms with Crippen molar-refractivity contribution < 1.29 is 19.2 Å². The summed E-state index contributed by atoms with van der Waals surface area (Å²) < 4.78 is 0. The van der Waals surface area contributed by atoms with Gasteiger partial charge in [0.2, 0.25) is 0 Å². The molecule has 4 heteroatoms. The van der Waals surface area contributed by atoms with Crippen LogP contribution in [-0.4, -0.2) is 23.6 Å². The van der Waals surface area contributed by atoms with Crippen molar-refractivity contribution in [2.24, 2.45) is 5.92 Å². The number of aryl methyl sites for hydroxylation is 1. The minimum absolute atomic E-state index is 0.0364. The normalized spacial score (nSPS) is 14.1. The van der Waals surface area contributed by atoms with E-state index in [-0.39, 0.29) is 30.3 Å². The average Bonchev–Trinajstić information content (AvgIpc) is 3.49. The summed E-state index contributed by atoms with van der Waals surface area (Å²) in [6.07, 6.45) is 10.5. The molecule has 0 saturated heterocycles. The molecule has 1 fully saturated rings.